The molecular weight excluding hydrogens is 152 g/mol. The van der Waals surface area contributed by atoms with E-state index in [2.05, 4.69) is 9.98 Å². The Bertz CT molecular complexity index is 317. The molecule has 0 unspecified atom stereocenters. The van der Waals surface area contributed by atoms with Crippen LogP contribution < -0.4 is 11.5 Å². The summed E-state index contributed by atoms with van der Waals surface area (Å²) in [5.74, 6) is 0.469. The van der Waals surface area contributed by atoms with Crippen molar-refractivity contribution in [1.29, 1.82) is 0 Å². The first-order valence-electron chi connectivity index (χ1n) is 3.60. The predicted molar refractivity (Wildman–Crippen MR) is 51.3 cm³/mol. The van der Waals surface area contributed by atoms with Gasteiger partial charge in [0, 0.05) is 18.8 Å². The lowest BCUT2D eigenvalue weighted by Crippen LogP contribution is -2.02. The van der Waals surface area contributed by atoms with Crippen LogP contribution in [0.4, 0.5) is 11.5 Å². The van der Waals surface area contributed by atoms with Gasteiger partial charge in [-0.05, 0) is 13.0 Å². The van der Waals surface area contributed by atoms with Crippen molar-refractivity contribution in [1.82, 2.24) is 4.98 Å². The third-order valence-electron chi connectivity index (χ3n) is 1.57. The molecule has 64 valence electrons. The van der Waals surface area contributed by atoms with Crippen molar-refractivity contribution in [2.24, 2.45) is 4.99 Å². The molecule has 4 heteroatoms. The van der Waals surface area contributed by atoms with Crippen LogP contribution in [0.2, 0.25) is 0 Å². The topological polar surface area (TPSA) is 77.3 Å². The second kappa shape index (κ2) is 3.21. The Hall–Kier alpha value is -1.58. The summed E-state index contributed by atoms with van der Waals surface area (Å²) in [5, 5.41) is 0. The minimum atomic E-state index is 0.469. The maximum absolute atomic E-state index is 5.73. The number of nitrogens with zero attached hydrogens (tertiary/aromatic N) is 2. The van der Waals surface area contributed by atoms with E-state index in [0.717, 1.165) is 11.3 Å². The van der Waals surface area contributed by atoms with Crippen molar-refractivity contribution in [3.63, 3.8) is 0 Å². The zero-order chi connectivity index (χ0) is 9.14. The Morgan fingerprint density at radius 2 is 2.17 bits per heavy atom. The summed E-state index contributed by atoms with van der Waals surface area (Å²) in [6, 6.07) is 1.70. The molecule has 0 spiro atoms. The number of rotatable bonds is 1. The summed E-state index contributed by atoms with van der Waals surface area (Å²) in [6.07, 6.45) is 1.67. The zero-order valence-electron chi connectivity index (χ0n) is 7.20. The molecule has 1 heterocycles. The standard InChI is InChI=1S/C8H12N4/c1-5-8(10)6(4-11-2)3-7(9)12-5/h3-4H,10H2,1-2H3,(H2,9,12). The maximum atomic E-state index is 5.73. The van der Waals surface area contributed by atoms with Crippen LogP contribution in [-0.2, 0) is 0 Å². The van der Waals surface area contributed by atoms with Crippen molar-refractivity contribution >= 4 is 17.7 Å². The van der Waals surface area contributed by atoms with Crippen LogP contribution in [0, 0.1) is 6.92 Å². The largest absolute Gasteiger partial charge is 0.397 e. The van der Waals surface area contributed by atoms with Crippen LogP contribution >= 0.6 is 0 Å². The van der Waals surface area contributed by atoms with Gasteiger partial charge in [-0.2, -0.15) is 0 Å². The first-order valence-corrected chi connectivity index (χ1v) is 3.60. The average Bonchev–Trinajstić information content (AvgIpc) is 2.00. The van der Waals surface area contributed by atoms with Gasteiger partial charge in [-0.1, -0.05) is 0 Å². The van der Waals surface area contributed by atoms with Crippen LogP contribution in [0.5, 0.6) is 0 Å². The first kappa shape index (κ1) is 8.52. The maximum Gasteiger partial charge on any atom is 0.124 e. The van der Waals surface area contributed by atoms with E-state index in [4.69, 9.17) is 11.5 Å². The normalized spacial score (nSPS) is 10.8. The van der Waals surface area contributed by atoms with E-state index < -0.39 is 0 Å². The Labute approximate surface area is 71.3 Å². The van der Waals surface area contributed by atoms with E-state index in [9.17, 15) is 0 Å². The molecule has 1 aromatic heterocycles. The van der Waals surface area contributed by atoms with Gasteiger partial charge < -0.3 is 11.5 Å². The van der Waals surface area contributed by atoms with Crippen molar-refractivity contribution in [3.8, 4) is 0 Å². The number of hydrogen-bond donors (Lipinski definition) is 2. The predicted octanol–water partition coefficient (Wildman–Crippen LogP) is 0.603. The summed E-state index contributed by atoms with van der Waals surface area (Å²) in [5.41, 5.74) is 13.5. The zero-order valence-corrected chi connectivity index (χ0v) is 7.20. The minimum Gasteiger partial charge on any atom is -0.397 e. The van der Waals surface area contributed by atoms with Crippen LogP contribution in [0.15, 0.2) is 11.1 Å². The van der Waals surface area contributed by atoms with Crippen molar-refractivity contribution in [3.05, 3.63) is 17.3 Å². The molecule has 0 aliphatic heterocycles. The van der Waals surface area contributed by atoms with Crippen LogP contribution in [-0.4, -0.2) is 18.2 Å². The van der Waals surface area contributed by atoms with Crippen molar-refractivity contribution < 1.29 is 0 Å². The number of nitrogen functional groups attached to an aromatic ring is 2. The van der Waals surface area contributed by atoms with Gasteiger partial charge in [0.25, 0.3) is 0 Å². The fourth-order valence-corrected chi connectivity index (χ4v) is 0.978. The Morgan fingerprint density at radius 3 is 2.75 bits per heavy atom. The third kappa shape index (κ3) is 1.53. The smallest absolute Gasteiger partial charge is 0.124 e. The molecular formula is C8H12N4. The van der Waals surface area contributed by atoms with Crippen LogP contribution in [0.3, 0.4) is 0 Å². The quantitative estimate of drug-likeness (QED) is 0.597. The van der Waals surface area contributed by atoms with E-state index in [-0.39, 0.29) is 0 Å². The Balaban J connectivity index is 3.27. The number of aryl methyl sites for hydroxylation is 1. The lowest BCUT2D eigenvalue weighted by atomic mass is 10.2. The Morgan fingerprint density at radius 1 is 1.50 bits per heavy atom. The minimum absolute atomic E-state index is 0.469. The van der Waals surface area contributed by atoms with E-state index in [1.54, 1.807) is 19.3 Å². The van der Waals surface area contributed by atoms with Gasteiger partial charge in [-0.15, -0.1) is 0 Å². The number of pyridine rings is 1. The molecule has 0 aliphatic carbocycles. The molecule has 0 amide bonds. The highest BCUT2D eigenvalue weighted by molar-refractivity contribution is 5.88. The van der Waals surface area contributed by atoms with Gasteiger partial charge in [0.15, 0.2) is 0 Å². The fraction of sp³-hybridized carbons (Fsp3) is 0.250. The number of nitrogens with two attached hydrogens (primary N) is 2. The van der Waals surface area contributed by atoms with Gasteiger partial charge in [-0.25, -0.2) is 4.98 Å². The Kier molecular flexibility index (Phi) is 2.28. The summed E-state index contributed by atoms with van der Waals surface area (Å²) in [6.45, 7) is 1.82. The van der Waals surface area contributed by atoms with Crippen molar-refractivity contribution in [2.75, 3.05) is 18.5 Å². The molecule has 0 saturated carbocycles. The molecule has 0 aromatic carbocycles. The molecule has 0 bridgehead atoms. The summed E-state index contributed by atoms with van der Waals surface area (Å²) in [7, 11) is 1.69. The highest BCUT2D eigenvalue weighted by Crippen LogP contribution is 2.15. The van der Waals surface area contributed by atoms with Crippen molar-refractivity contribution in [2.45, 2.75) is 6.92 Å². The number of anilines is 2. The third-order valence-corrected chi connectivity index (χ3v) is 1.57. The molecule has 4 nitrogen and oxygen atoms in total. The molecule has 1 rings (SSSR count). The van der Waals surface area contributed by atoms with Crippen LogP contribution in [0.25, 0.3) is 0 Å². The lowest BCUT2D eigenvalue weighted by molar-refractivity contribution is 1.21. The molecule has 1 aromatic rings. The number of aromatic nitrogens is 1. The SMILES string of the molecule is CN=Cc1cc(N)nc(C)c1N. The second-order valence-corrected chi connectivity index (χ2v) is 2.52. The summed E-state index contributed by atoms with van der Waals surface area (Å²) < 4.78 is 0. The fourth-order valence-electron chi connectivity index (χ4n) is 0.978. The molecule has 0 fully saturated rings. The number of aliphatic imine (C=N–C) groups is 1. The number of hydrogen-bond acceptors (Lipinski definition) is 4. The van der Waals surface area contributed by atoms with E-state index in [1.807, 2.05) is 6.92 Å². The monoisotopic (exact) mass is 164 g/mol. The van der Waals surface area contributed by atoms with Gasteiger partial charge in [-0.3, -0.25) is 4.99 Å². The molecule has 0 aliphatic rings. The lowest BCUT2D eigenvalue weighted by Gasteiger charge is -2.04. The summed E-state index contributed by atoms with van der Waals surface area (Å²) in [4.78, 5) is 7.87. The van der Waals surface area contributed by atoms with E-state index >= 15 is 0 Å². The van der Waals surface area contributed by atoms with Gasteiger partial charge >= 0.3 is 0 Å². The van der Waals surface area contributed by atoms with Gasteiger partial charge in [0.2, 0.25) is 0 Å². The molecule has 0 saturated heterocycles. The summed E-state index contributed by atoms with van der Waals surface area (Å²) >= 11 is 0. The highest BCUT2D eigenvalue weighted by Gasteiger charge is 2.01. The second-order valence-electron chi connectivity index (χ2n) is 2.52. The van der Waals surface area contributed by atoms with Crippen LogP contribution in [0.1, 0.15) is 11.3 Å². The molecule has 4 N–H and O–H groups in total. The average molecular weight is 164 g/mol. The van der Waals surface area contributed by atoms with E-state index in [0.29, 0.717) is 11.5 Å². The first-order chi connectivity index (χ1) is 5.65. The van der Waals surface area contributed by atoms with E-state index in [1.165, 1.54) is 0 Å². The molecule has 0 radical (unpaired) electrons. The van der Waals surface area contributed by atoms with Gasteiger partial charge in [0.1, 0.15) is 5.82 Å². The highest BCUT2D eigenvalue weighted by atomic mass is 14.9. The molecule has 0 atom stereocenters. The molecule has 12 heavy (non-hydrogen) atoms. The van der Waals surface area contributed by atoms with Gasteiger partial charge in [0.05, 0.1) is 11.4 Å².